The van der Waals surface area contributed by atoms with Gasteiger partial charge in [-0.2, -0.15) is 0 Å². The van der Waals surface area contributed by atoms with Crippen LogP contribution in [0.4, 0.5) is 17.1 Å². The average molecular weight is 233 g/mol. The number of nitro benzene ring substituents is 1. The molecule has 0 fully saturated rings. The van der Waals surface area contributed by atoms with Crippen LogP contribution in [0.5, 0.6) is 0 Å². The zero-order chi connectivity index (χ0) is 12.4. The lowest BCUT2D eigenvalue weighted by molar-refractivity contribution is -0.384. The molecule has 2 rings (SSSR count). The molecule has 1 aromatic carbocycles. The number of benzene rings is 1. The topological polar surface area (TPSA) is 105 Å². The van der Waals surface area contributed by atoms with Crippen LogP contribution in [-0.2, 0) is 4.79 Å². The minimum Gasteiger partial charge on any atom is -0.478 e. The number of nitrogens with one attached hydrogen (secondary N) is 1. The first-order chi connectivity index (χ1) is 8.06. The monoisotopic (exact) mass is 233 g/mol. The predicted octanol–water partition coefficient (Wildman–Crippen LogP) is 1.69. The van der Waals surface area contributed by atoms with E-state index in [9.17, 15) is 14.9 Å². The number of carboxylic acid groups (broad SMARTS) is 1. The Bertz CT molecular complexity index is 563. The number of fused-ring (bicyclic) bond motifs is 1. The Hall–Kier alpha value is -2.70. The first-order valence-electron chi connectivity index (χ1n) is 4.60. The standard InChI is InChI=1S/C10H7N3O4/c14-10(15)3-6-5-11-8-2-1-7(13(16)17)4-9(8)12-6/h1-5,12H,(H,14,15). The molecule has 0 bridgehead atoms. The van der Waals surface area contributed by atoms with Gasteiger partial charge in [0.25, 0.3) is 5.69 Å². The highest BCUT2D eigenvalue weighted by Crippen LogP contribution is 2.32. The van der Waals surface area contributed by atoms with Crippen LogP contribution in [0, 0.1) is 10.1 Å². The molecule has 0 spiro atoms. The van der Waals surface area contributed by atoms with Gasteiger partial charge in [-0.15, -0.1) is 0 Å². The number of carboxylic acids is 1. The summed E-state index contributed by atoms with van der Waals surface area (Å²) in [4.78, 5) is 24.5. The largest absolute Gasteiger partial charge is 0.478 e. The van der Waals surface area contributed by atoms with Crippen molar-refractivity contribution in [2.24, 2.45) is 4.99 Å². The molecule has 86 valence electrons. The Labute approximate surface area is 95.2 Å². The van der Waals surface area contributed by atoms with Gasteiger partial charge in [0.05, 0.1) is 28.2 Å². The number of hydrogen-bond acceptors (Lipinski definition) is 5. The van der Waals surface area contributed by atoms with Gasteiger partial charge in [0.1, 0.15) is 0 Å². The molecule has 0 atom stereocenters. The van der Waals surface area contributed by atoms with Gasteiger partial charge in [-0.1, -0.05) is 0 Å². The number of non-ortho nitro benzene ring substituents is 1. The Morgan fingerprint density at radius 3 is 2.94 bits per heavy atom. The van der Waals surface area contributed by atoms with Crippen LogP contribution in [-0.4, -0.2) is 22.2 Å². The Morgan fingerprint density at radius 1 is 1.53 bits per heavy atom. The molecule has 0 saturated heterocycles. The molecule has 7 nitrogen and oxygen atoms in total. The quantitative estimate of drug-likeness (QED) is 0.459. The zero-order valence-electron chi connectivity index (χ0n) is 8.45. The molecule has 1 heterocycles. The van der Waals surface area contributed by atoms with E-state index in [2.05, 4.69) is 10.3 Å². The Balaban J connectivity index is 2.39. The van der Waals surface area contributed by atoms with Crippen molar-refractivity contribution in [3.05, 3.63) is 40.1 Å². The lowest BCUT2D eigenvalue weighted by Gasteiger charge is -2.13. The van der Waals surface area contributed by atoms with Gasteiger partial charge in [-0.25, -0.2) is 4.79 Å². The second-order valence-corrected chi connectivity index (χ2v) is 3.28. The maximum absolute atomic E-state index is 10.6. The van der Waals surface area contributed by atoms with Gasteiger partial charge in [0, 0.05) is 18.2 Å². The number of aliphatic carboxylic acids is 1. The van der Waals surface area contributed by atoms with Gasteiger partial charge in [-0.3, -0.25) is 15.1 Å². The van der Waals surface area contributed by atoms with Crippen molar-refractivity contribution in [3.8, 4) is 0 Å². The van der Waals surface area contributed by atoms with Crippen LogP contribution < -0.4 is 5.32 Å². The molecule has 0 aliphatic carbocycles. The first kappa shape index (κ1) is 10.8. The molecular weight excluding hydrogens is 226 g/mol. The fourth-order valence-electron chi connectivity index (χ4n) is 1.38. The maximum atomic E-state index is 10.6. The highest BCUT2D eigenvalue weighted by molar-refractivity contribution is 5.97. The molecule has 0 aromatic heterocycles. The number of rotatable bonds is 2. The van der Waals surface area contributed by atoms with E-state index in [4.69, 9.17) is 5.11 Å². The lowest BCUT2D eigenvalue weighted by Crippen LogP contribution is -2.08. The van der Waals surface area contributed by atoms with Gasteiger partial charge in [-0.05, 0) is 6.07 Å². The lowest BCUT2D eigenvalue weighted by atomic mass is 10.2. The third kappa shape index (κ3) is 2.28. The van der Waals surface area contributed by atoms with Crippen molar-refractivity contribution in [1.29, 1.82) is 0 Å². The van der Waals surface area contributed by atoms with Crippen LogP contribution >= 0.6 is 0 Å². The van der Waals surface area contributed by atoms with Gasteiger partial charge >= 0.3 is 5.97 Å². The summed E-state index contributed by atoms with van der Waals surface area (Å²) in [5.74, 6) is -1.12. The van der Waals surface area contributed by atoms with Crippen LogP contribution in [0.2, 0.25) is 0 Å². The van der Waals surface area contributed by atoms with Crippen LogP contribution in [0.3, 0.4) is 0 Å². The molecule has 0 radical (unpaired) electrons. The Morgan fingerprint density at radius 2 is 2.29 bits per heavy atom. The van der Waals surface area contributed by atoms with E-state index in [0.29, 0.717) is 11.4 Å². The van der Waals surface area contributed by atoms with Gasteiger partial charge < -0.3 is 10.4 Å². The van der Waals surface area contributed by atoms with Crippen molar-refractivity contribution in [2.45, 2.75) is 0 Å². The molecule has 17 heavy (non-hydrogen) atoms. The third-order valence-corrected chi connectivity index (χ3v) is 2.09. The number of aliphatic imine (C=N–C) groups is 1. The summed E-state index contributed by atoms with van der Waals surface area (Å²) in [5.41, 5.74) is 1.13. The highest BCUT2D eigenvalue weighted by atomic mass is 16.6. The smallest absolute Gasteiger partial charge is 0.330 e. The van der Waals surface area contributed by atoms with Crippen LogP contribution in [0.15, 0.2) is 35.0 Å². The number of anilines is 1. The number of allylic oxidation sites excluding steroid dienone is 1. The fraction of sp³-hybridized carbons (Fsp3) is 0. The average Bonchev–Trinajstić information content (AvgIpc) is 2.27. The molecule has 0 unspecified atom stereocenters. The molecule has 0 saturated carbocycles. The molecule has 1 aliphatic heterocycles. The summed E-state index contributed by atoms with van der Waals surface area (Å²) in [6.07, 6.45) is 2.29. The molecule has 1 aromatic rings. The van der Waals surface area contributed by atoms with Crippen LogP contribution in [0.1, 0.15) is 0 Å². The van der Waals surface area contributed by atoms with E-state index in [1.165, 1.54) is 24.4 Å². The molecule has 2 N–H and O–H groups in total. The van der Waals surface area contributed by atoms with Crippen LogP contribution in [0.25, 0.3) is 0 Å². The van der Waals surface area contributed by atoms with E-state index in [0.717, 1.165) is 6.08 Å². The van der Waals surface area contributed by atoms with Crippen molar-refractivity contribution in [1.82, 2.24) is 0 Å². The fourth-order valence-corrected chi connectivity index (χ4v) is 1.38. The third-order valence-electron chi connectivity index (χ3n) is 2.09. The number of hydrogen-bond donors (Lipinski definition) is 2. The van der Waals surface area contributed by atoms with Gasteiger partial charge in [0.2, 0.25) is 0 Å². The highest BCUT2D eigenvalue weighted by Gasteiger charge is 2.14. The van der Waals surface area contributed by atoms with Gasteiger partial charge in [0.15, 0.2) is 0 Å². The molecular formula is C10H7N3O4. The SMILES string of the molecule is O=C(O)C=C1C=Nc2ccc([N+](=O)[O-])cc2N1. The second-order valence-electron chi connectivity index (χ2n) is 3.28. The van der Waals surface area contributed by atoms with Crippen molar-refractivity contribution >= 4 is 29.2 Å². The predicted molar refractivity (Wildman–Crippen MR) is 60.6 cm³/mol. The molecule has 7 heteroatoms. The van der Waals surface area contributed by atoms with E-state index in [1.54, 1.807) is 0 Å². The van der Waals surface area contributed by atoms with E-state index in [1.807, 2.05) is 0 Å². The van der Waals surface area contributed by atoms with E-state index < -0.39 is 10.9 Å². The van der Waals surface area contributed by atoms with E-state index in [-0.39, 0.29) is 11.4 Å². The normalized spacial score (nSPS) is 15.2. The summed E-state index contributed by atoms with van der Waals surface area (Å²) < 4.78 is 0. The minimum atomic E-state index is -1.12. The Kier molecular flexibility index (Phi) is 2.57. The first-order valence-corrected chi connectivity index (χ1v) is 4.60. The number of nitrogens with zero attached hydrogens (tertiary/aromatic N) is 2. The maximum Gasteiger partial charge on any atom is 0.330 e. The second kappa shape index (κ2) is 4.05. The number of nitro groups is 1. The summed E-state index contributed by atoms with van der Waals surface area (Å²) in [6, 6.07) is 4.14. The summed E-state index contributed by atoms with van der Waals surface area (Å²) in [5, 5.41) is 21.9. The number of carbonyl (C=O) groups is 1. The van der Waals surface area contributed by atoms with E-state index >= 15 is 0 Å². The summed E-state index contributed by atoms with van der Waals surface area (Å²) in [7, 11) is 0. The summed E-state index contributed by atoms with van der Waals surface area (Å²) >= 11 is 0. The zero-order valence-corrected chi connectivity index (χ0v) is 8.45. The molecule has 1 aliphatic rings. The van der Waals surface area contributed by atoms with Crippen molar-refractivity contribution < 1.29 is 14.8 Å². The molecule has 0 amide bonds. The van der Waals surface area contributed by atoms with Crippen molar-refractivity contribution in [2.75, 3.05) is 5.32 Å². The summed E-state index contributed by atoms with van der Waals surface area (Å²) in [6.45, 7) is 0. The van der Waals surface area contributed by atoms with Crippen molar-refractivity contribution in [3.63, 3.8) is 0 Å². The minimum absolute atomic E-state index is 0.0805.